The lowest BCUT2D eigenvalue weighted by Crippen LogP contribution is -2.35. The molecule has 2 rings (SSSR count). The first-order valence-corrected chi connectivity index (χ1v) is 7.17. The third kappa shape index (κ3) is 4.12. The zero-order valence-corrected chi connectivity index (χ0v) is 13.3. The number of hydrogen-bond acceptors (Lipinski definition) is 5. The summed E-state index contributed by atoms with van der Waals surface area (Å²) in [6.45, 7) is 3.46. The number of rotatable bonds is 6. The van der Waals surface area contributed by atoms with Gasteiger partial charge < -0.3 is 19.2 Å². The van der Waals surface area contributed by atoms with Crippen LogP contribution in [0.5, 0.6) is 5.75 Å². The number of hydrogen-bond donors (Lipinski definition) is 1. The average molecular weight is 317 g/mol. The van der Waals surface area contributed by atoms with Gasteiger partial charge in [-0.1, -0.05) is 18.2 Å². The number of nitrogens with one attached hydrogen (secondary N) is 1. The summed E-state index contributed by atoms with van der Waals surface area (Å²) in [5.74, 6) is 0.171. The van der Waals surface area contributed by atoms with Crippen molar-refractivity contribution in [3.05, 3.63) is 53.5 Å². The van der Waals surface area contributed by atoms with Crippen molar-refractivity contribution in [3.63, 3.8) is 0 Å². The fourth-order valence-electron chi connectivity index (χ4n) is 2.05. The van der Waals surface area contributed by atoms with Gasteiger partial charge in [-0.3, -0.25) is 4.79 Å². The van der Waals surface area contributed by atoms with Gasteiger partial charge in [0.1, 0.15) is 17.1 Å². The first-order chi connectivity index (χ1) is 11.0. The van der Waals surface area contributed by atoms with Crippen LogP contribution in [-0.2, 0) is 16.1 Å². The molecule has 6 nitrogen and oxygen atoms in total. The summed E-state index contributed by atoms with van der Waals surface area (Å²) in [5.41, 5.74) is 1.15. The largest absolute Gasteiger partial charge is 0.496 e. The summed E-state index contributed by atoms with van der Waals surface area (Å²) in [4.78, 5) is 24.0. The summed E-state index contributed by atoms with van der Waals surface area (Å²) >= 11 is 0. The second-order valence-corrected chi connectivity index (χ2v) is 4.97. The number of carbonyl (C=O) groups excluding carboxylic acids is 2. The molecule has 1 aromatic carbocycles. The van der Waals surface area contributed by atoms with E-state index in [1.807, 2.05) is 24.3 Å². The minimum absolute atomic E-state index is 0.287. The molecule has 23 heavy (non-hydrogen) atoms. The van der Waals surface area contributed by atoms with Crippen molar-refractivity contribution < 1.29 is 23.5 Å². The van der Waals surface area contributed by atoms with Crippen LogP contribution in [-0.4, -0.2) is 25.1 Å². The smallest absolute Gasteiger partial charge is 0.342 e. The zero-order chi connectivity index (χ0) is 16.8. The van der Waals surface area contributed by atoms with Gasteiger partial charge in [0.2, 0.25) is 0 Å². The highest BCUT2D eigenvalue weighted by molar-refractivity contribution is 5.92. The molecule has 0 aliphatic carbocycles. The van der Waals surface area contributed by atoms with Gasteiger partial charge in [-0.15, -0.1) is 0 Å². The summed E-state index contributed by atoms with van der Waals surface area (Å²) in [6.07, 6.45) is 0.490. The molecule has 0 aliphatic heterocycles. The minimum atomic E-state index is -0.911. The number of carbonyl (C=O) groups is 2. The molecular weight excluding hydrogens is 298 g/mol. The Labute approximate surface area is 134 Å². The van der Waals surface area contributed by atoms with Crippen molar-refractivity contribution in [3.8, 4) is 5.75 Å². The van der Waals surface area contributed by atoms with Crippen LogP contribution in [0.2, 0.25) is 0 Å². The summed E-state index contributed by atoms with van der Waals surface area (Å²) < 4.78 is 15.4. The van der Waals surface area contributed by atoms with E-state index in [1.54, 1.807) is 14.0 Å². The van der Waals surface area contributed by atoms with E-state index < -0.39 is 12.1 Å². The molecule has 0 spiro atoms. The van der Waals surface area contributed by atoms with Gasteiger partial charge in [0, 0.05) is 12.1 Å². The predicted octanol–water partition coefficient (Wildman–Crippen LogP) is 2.46. The van der Waals surface area contributed by atoms with E-state index in [0.717, 1.165) is 5.56 Å². The first kappa shape index (κ1) is 16.6. The number of furan rings is 1. The van der Waals surface area contributed by atoms with Crippen LogP contribution in [0.4, 0.5) is 0 Å². The van der Waals surface area contributed by atoms with Crippen LogP contribution in [0.1, 0.15) is 28.6 Å². The standard InChI is InChI=1S/C17H19NO5/c1-11-14(8-9-22-11)17(20)23-12(2)16(19)18-10-13-6-4-5-7-15(13)21-3/h4-9,12H,10H2,1-3H3,(H,18,19)/t12-/m1/s1. The Bertz CT molecular complexity index is 692. The second kappa shape index (κ2) is 7.49. The number of ether oxygens (including phenoxy) is 2. The molecule has 0 bridgehead atoms. The maximum atomic E-state index is 12.1. The second-order valence-electron chi connectivity index (χ2n) is 4.97. The molecule has 0 unspecified atom stereocenters. The maximum absolute atomic E-state index is 12.1. The van der Waals surface area contributed by atoms with Crippen molar-refractivity contribution in [1.29, 1.82) is 0 Å². The van der Waals surface area contributed by atoms with Crippen molar-refractivity contribution in [2.75, 3.05) is 7.11 Å². The van der Waals surface area contributed by atoms with Crippen molar-refractivity contribution >= 4 is 11.9 Å². The molecule has 122 valence electrons. The van der Waals surface area contributed by atoms with Crippen LogP contribution in [0.3, 0.4) is 0 Å². The van der Waals surface area contributed by atoms with E-state index >= 15 is 0 Å². The van der Waals surface area contributed by atoms with Crippen LogP contribution in [0.25, 0.3) is 0 Å². The topological polar surface area (TPSA) is 77.8 Å². The Balaban J connectivity index is 1.90. The predicted molar refractivity (Wildman–Crippen MR) is 83.2 cm³/mol. The summed E-state index contributed by atoms with van der Waals surface area (Å²) in [5, 5.41) is 2.72. The Morgan fingerprint density at radius 3 is 2.65 bits per heavy atom. The monoisotopic (exact) mass is 317 g/mol. The zero-order valence-electron chi connectivity index (χ0n) is 13.3. The molecule has 0 fully saturated rings. The van der Waals surface area contributed by atoms with Crippen LogP contribution in [0.15, 0.2) is 41.0 Å². The van der Waals surface area contributed by atoms with E-state index in [9.17, 15) is 9.59 Å². The Morgan fingerprint density at radius 2 is 2.00 bits per heavy atom. The molecule has 1 aromatic heterocycles. The van der Waals surface area contributed by atoms with Crippen LogP contribution in [0, 0.1) is 6.92 Å². The molecule has 0 saturated carbocycles. The van der Waals surface area contributed by atoms with E-state index in [4.69, 9.17) is 13.9 Å². The highest BCUT2D eigenvalue weighted by Crippen LogP contribution is 2.17. The molecule has 1 heterocycles. The lowest BCUT2D eigenvalue weighted by atomic mass is 10.2. The normalized spacial score (nSPS) is 11.6. The number of para-hydroxylation sites is 1. The fraction of sp³-hybridized carbons (Fsp3) is 0.294. The summed E-state index contributed by atoms with van der Waals surface area (Å²) in [6, 6.07) is 8.88. The molecule has 0 saturated heterocycles. The van der Waals surface area contributed by atoms with Gasteiger partial charge in [0.05, 0.1) is 13.4 Å². The van der Waals surface area contributed by atoms with Gasteiger partial charge in [-0.25, -0.2) is 4.79 Å². The van der Waals surface area contributed by atoms with E-state index in [1.165, 1.54) is 19.3 Å². The lowest BCUT2D eigenvalue weighted by Gasteiger charge is -2.14. The van der Waals surface area contributed by atoms with E-state index in [2.05, 4.69) is 5.32 Å². The number of aryl methyl sites for hydroxylation is 1. The average Bonchev–Trinajstić information content (AvgIpc) is 2.98. The van der Waals surface area contributed by atoms with Gasteiger partial charge in [0.15, 0.2) is 6.10 Å². The van der Waals surface area contributed by atoms with E-state index in [0.29, 0.717) is 17.1 Å². The third-order valence-corrected chi connectivity index (χ3v) is 3.38. The molecule has 1 N–H and O–H groups in total. The molecule has 0 aliphatic rings. The number of methoxy groups -OCH3 is 1. The van der Waals surface area contributed by atoms with Gasteiger partial charge in [0.25, 0.3) is 5.91 Å². The lowest BCUT2D eigenvalue weighted by molar-refractivity contribution is -0.129. The molecule has 1 atom stereocenters. The molecule has 2 aromatic rings. The van der Waals surface area contributed by atoms with Crippen molar-refractivity contribution in [2.45, 2.75) is 26.5 Å². The van der Waals surface area contributed by atoms with Gasteiger partial charge in [-0.2, -0.15) is 0 Å². The van der Waals surface area contributed by atoms with E-state index in [-0.39, 0.29) is 12.5 Å². The maximum Gasteiger partial charge on any atom is 0.342 e. The molecule has 0 radical (unpaired) electrons. The first-order valence-electron chi connectivity index (χ1n) is 7.17. The summed E-state index contributed by atoms with van der Waals surface area (Å²) in [7, 11) is 1.57. The highest BCUT2D eigenvalue weighted by Gasteiger charge is 2.21. The third-order valence-electron chi connectivity index (χ3n) is 3.38. The van der Waals surface area contributed by atoms with Crippen molar-refractivity contribution in [2.24, 2.45) is 0 Å². The fourth-order valence-corrected chi connectivity index (χ4v) is 2.05. The molecule has 1 amide bonds. The van der Waals surface area contributed by atoms with Crippen molar-refractivity contribution in [1.82, 2.24) is 5.32 Å². The Kier molecular flexibility index (Phi) is 5.41. The van der Waals surface area contributed by atoms with Gasteiger partial charge in [-0.05, 0) is 26.0 Å². The Hall–Kier alpha value is -2.76. The van der Waals surface area contributed by atoms with Gasteiger partial charge >= 0.3 is 5.97 Å². The quantitative estimate of drug-likeness (QED) is 0.828. The number of amides is 1. The van der Waals surface area contributed by atoms with Crippen LogP contribution >= 0.6 is 0 Å². The molecule has 6 heteroatoms. The SMILES string of the molecule is COc1ccccc1CNC(=O)[C@@H](C)OC(=O)c1ccoc1C. The minimum Gasteiger partial charge on any atom is -0.496 e. The number of esters is 1. The Morgan fingerprint density at radius 1 is 1.26 bits per heavy atom. The highest BCUT2D eigenvalue weighted by atomic mass is 16.5. The molecular formula is C17H19NO5. The van der Waals surface area contributed by atoms with Crippen LogP contribution < -0.4 is 10.1 Å². The number of benzene rings is 1.